The molecule has 0 radical (unpaired) electrons. The smallest absolute Gasteiger partial charge is 0.257 e. The lowest BCUT2D eigenvalue weighted by atomic mass is 9.75. The monoisotopic (exact) mass is 363 g/mol. The Morgan fingerprint density at radius 2 is 2.07 bits per heavy atom. The minimum atomic E-state index is -0.421. The highest BCUT2D eigenvalue weighted by molar-refractivity contribution is 5.94. The summed E-state index contributed by atoms with van der Waals surface area (Å²) in [5, 5.41) is 13.7. The van der Waals surface area contributed by atoms with Crippen molar-refractivity contribution in [3.63, 3.8) is 0 Å². The summed E-state index contributed by atoms with van der Waals surface area (Å²) >= 11 is 0. The molecule has 0 unspecified atom stereocenters. The van der Waals surface area contributed by atoms with Crippen molar-refractivity contribution >= 4 is 16.8 Å². The third-order valence-corrected chi connectivity index (χ3v) is 5.18. The summed E-state index contributed by atoms with van der Waals surface area (Å²) in [6.45, 7) is 1.77. The van der Waals surface area contributed by atoms with Gasteiger partial charge in [0.15, 0.2) is 5.43 Å². The Kier molecular flexibility index (Phi) is 4.49. The Morgan fingerprint density at radius 3 is 2.81 bits per heavy atom. The van der Waals surface area contributed by atoms with Crippen LogP contribution in [0, 0.1) is 12.8 Å². The van der Waals surface area contributed by atoms with Crippen LogP contribution >= 0.6 is 0 Å². The molecule has 0 spiro atoms. The molecular weight excluding hydrogens is 342 g/mol. The molecule has 1 fully saturated rings. The molecule has 1 aliphatic carbocycles. The van der Waals surface area contributed by atoms with Gasteiger partial charge in [0.1, 0.15) is 5.56 Å². The summed E-state index contributed by atoms with van der Waals surface area (Å²) in [6, 6.07) is 10.9. The number of nitrogens with one attached hydrogen (secondary N) is 2. The van der Waals surface area contributed by atoms with Crippen LogP contribution in [0.4, 0.5) is 0 Å². The number of benzene rings is 1. The SMILES string of the molecule is Cc1cc(=O)c(C(=O)N[C@H](c2cnc3ccccc3c2)C2CC(O)C2)c[nH]1. The van der Waals surface area contributed by atoms with Crippen LogP contribution in [0.3, 0.4) is 0 Å². The lowest BCUT2D eigenvalue weighted by Gasteiger charge is -2.38. The molecule has 138 valence electrons. The second-order valence-electron chi connectivity index (χ2n) is 7.19. The first-order valence-corrected chi connectivity index (χ1v) is 9.04. The van der Waals surface area contributed by atoms with Gasteiger partial charge in [-0.05, 0) is 43.4 Å². The van der Waals surface area contributed by atoms with E-state index in [1.807, 2.05) is 30.3 Å². The zero-order valence-corrected chi connectivity index (χ0v) is 15.0. The number of amides is 1. The van der Waals surface area contributed by atoms with Crippen molar-refractivity contribution in [3.05, 3.63) is 75.8 Å². The third kappa shape index (κ3) is 3.48. The van der Waals surface area contributed by atoms with Crippen LogP contribution < -0.4 is 10.7 Å². The number of aliphatic hydroxyl groups excluding tert-OH is 1. The van der Waals surface area contributed by atoms with E-state index >= 15 is 0 Å². The van der Waals surface area contributed by atoms with Gasteiger partial charge < -0.3 is 15.4 Å². The van der Waals surface area contributed by atoms with Crippen LogP contribution in [0.2, 0.25) is 0 Å². The highest BCUT2D eigenvalue weighted by Gasteiger charge is 2.36. The quantitative estimate of drug-likeness (QED) is 0.664. The maximum Gasteiger partial charge on any atom is 0.257 e. The van der Waals surface area contributed by atoms with Gasteiger partial charge in [0.25, 0.3) is 5.91 Å². The second kappa shape index (κ2) is 6.96. The van der Waals surface area contributed by atoms with Gasteiger partial charge in [-0.15, -0.1) is 0 Å². The molecule has 3 aromatic rings. The van der Waals surface area contributed by atoms with E-state index in [-0.39, 0.29) is 29.1 Å². The molecule has 0 bridgehead atoms. The predicted molar refractivity (Wildman–Crippen MR) is 102 cm³/mol. The van der Waals surface area contributed by atoms with Crippen molar-refractivity contribution in [1.82, 2.24) is 15.3 Å². The number of rotatable bonds is 4. The highest BCUT2D eigenvalue weighted by atomic mass is 16.3. The summed E-state index contributed by atoms with van der Waals surface area (Å²) in [7, 11) is 0. The lowest BCUT2D eigenvalue weighted by Crippen LogP contribution is -2.42. The van der Waals surface area contributed by atoms with Crippen molar-refractivity contribution in [2.45, 2.75) is 31.9 Å². The summed E-state index contributed by atoms with van der Waals surface area (Å²) in [5.74, 6) is -0.313. The Labute approximate surface area is 156 Å². The molecule has 2 heterocycles. The standard InChI is InChI=1S/C21H21N3O3/c1-12-6-19(26)17(11-22-12)21(27)24-20(14-8-16(25)9-14)15-7-13-4-2-3-5-18(13)23-10-15/h2-7,10-11,14,16,20,25H,8-9H2,1H3,(H,22,26)(H,24,27)/t14?,16?,20-/m0/s1. The average Bonchev–Trinajstić information content (AvgIpc) is 2.63. The van der Waals surface area contributed by atoms with E-state index in [1.165, 1.54) is 12.3 Å². The Balaban J connectivity index is 1.66. The number of aryl methyl sites for hydroxylation is 1. The number of carbonyl (C=O) groups is 1. The van der Waals surface area contributed by atoms with Crippen molar-refractivity contribution in [3.8, 4) is 0 Å². The fourth-order valence-corrected chi connectivity index (χ4v) is 3.60. The largest absolute Gasteiger partial charge is 0.393 e. The minimum Gasteiger partial charge on any atom is -0.393 e. The molecule has 2 aromatic heterocycles. The number of hydrogen-bond donors (Lipinski definition) is 3. The second-order valence-corrected chi connectivity index (χ2v) is 7.19. The van der Waals surface area contributed by atoms with Crippen LogP contribution in [0.25, 0.3) is 10.9 Å². The molecule has 0 saturated heterocycles. The van der Waals surface area contributed by atoms with Crippen molar-refractivity contribution in [2.24, 2.45) is 5.92 Å². The van der Waals surface area contributed by atoms with E-state index in [9.17, 15) is 14.7 Å². The zero-order valence-electron chi connectivity index (χ0n) is 15.0. The van der Waals surface area contributed by atoms with Gasteiger partial charge in [0, 0.05) is 29.5 Å². The number of aromatic nitrogens is 2. The van der Waals surface area contributed by atoms with E-state index in [4.69, 9.17) is 0 Å². The summed E-state index contributed by atoms with van der Waals surface area (Å²) in [5.41, 5.74) is 2.23. The molecule has 1 atom stereocenters. The van der Waals surface area contributed by atoms with Crippen molar-refractivity contribution in [1.29, 1.82) is 0 Å². The summed E-state index contributed by atoms with van der Waals surface area (Å²) in [6.07, 6.45) is 4.09. The Hall–Kier alpha value is -2.99. The summed E-state index contributed by atoms with van der Waals surface area (Å²) in [4.78, 5) is 32.3. The number of H-pyrrole nitrogens is 1. The first kappa shape index (κ1) is 17.4. The van der Waals surface area contributed by atoms with Gasteiger partial charge in [0.05, 0.1) is 17.7 Å². The van der Waals surface area contributed by atoms with Gasteiger partial charge in [0.2, 0.25) is 0 Å². The van der Waals surface area contributed by atoms with Gasteiger partial charge in [-0.2, -0.15) is 0 Å². The fourth-order valence-electron chi connectivity index (χ4n) is 3.60. The van der Waals surface area contributed by atoms with Crippen LogP contribution in [0.1, 0.15) is 40.5 Å². The van der Waals surface area contributed by atoms with Crippen LogP contribution in [-0.2, 0) is 0 Å². The topological polar surface area (TPSA) is 95.1 Å². The normalized spacial score (nSPS) is 20.1. The summed E-state index contributed by atoms with van der Waals surface area (Å²) < 4.78 is 0. The fraction of sp³-hybridized carbons (Fsp3) is 0.286. The maximum absolute atomic E-state index is 12.7. The average molecular weight is 363 g/mol. The van der Waals surface area contributed by atoms with Crippen molar-refractivity contribution in [2.75, 3.05) is 0 Å². The van der Waals surface area contributed by atoms with Crippen LogP contribution in [0.5, 0.6) is 0 Å². The van der Waals surface area contributed by atoms with Crippen LogP contribution in [-0.4, -0.2) is 27.1 Å². The first-order chi connectivity index (χ1) is 13.0. The van der Waals surface area contributed by atoms with E-state index in [0.717, 1.165) is 16.5 Å². The first-order valence-electron chi connectivity index (χ1n) is 9.04. The number of nitrogens with zero attached hydrogens (tertiary/aromatic N) is 1. The molecule has 3 N–H and O–H groups in total. The number of fused-ring (bicyclic) bond motifs is 1. The molecule has 0 aliphatic heterocycles. The number of pyridine rings is 2. The number of para-hydroxylation sites is 1. The van der Waals surface area contributed by atoms with Gasteiger partial charge in [-0.25, -0.2) is 0 Å². The van der Waals surface area contributed by atoms with Gasteiger partial charge in [-0.1, -0.05) is 18.2 Å². The number of hydrogen-bond acceptors (Lipinski definition) is 4. The molecular formula is C21H21N3O3. The molecule has 1 amide bonds. The van der Waals surface area contributed by atoms with Crippen LogP contribution in [0.15, 0.2) is 53.6 Å². The maximum atomic E-state index is 12.7. The third-order valence-electron chi connectivity index (χ3n) is 5.18. The van der Waals surface area contributed by atoms with E-state index in [0.29, 0.717) is 18.5 Å². The van der Waals surface area contributed by atoms with E-state index in [1.54, 1.807) is 13.1 Å². The molecule has 4 rings (SSSR count). The number of aliphatic hydroxyl groups is 1. The predicted octanol–water partition coefficient (Wildman–Crippen LogP) is 2.47. The Morgan fingerprint density at radius 1 is 1.30 bits per heavy atom. The van der Waals surface area contributed by atoms with E-state index in [2.05, 4.69) is 15.3 Å². The number of carbonyl (C=O) groups excluding carboxylic acids is 1. The molecule has 1 saturated carbocycles. The minimum absolute atomic E-state index is 0.0826. The molecule has 1 aromatic carbocycles. The van der Waals surface area contributed by atoms with E-state index < -0.39 is 5.91 Å². The molecule has 6 nitrogen and oxygen atoms in total. The lowest BCUT2D eigenvalue weighted by molar-refractivity contribution is 0.0235. The number of aromatic amines is 1. The van der Waals surface area contributed by atoms with Crippen molar-refractivity contribution < 1.29 is 9.90 Å². The Bertz CT molecular complexity index is 1050. The van der Waals surface area contributed by atoms with Gasteiger partial charge >= 0.3 is 0 Å². The molecule has 6 heteroatoms. The van der Waals surface area contributed by atoms with Gasteiger partial charge in [-0.3, -0.25) is 14.6 Å². The molecule has 27 heavy (non-hydrogen) atoms. The highest BCUT2D eigenvalue weighted by Crippen LogP contribution is 2.38. The molecule has 1 aliphatic rings. The zero-order chi connectivity index (χ0) is 19.0.